The first-order valence-electron chi connectivity index (χ1n) is 6.49. The molecule has 2 N–H and O–H groups in total. The second kappa shape index (κ2) is 6.25. The van der Waals surface area contributed by atoms with Crippen molar-refractivity contribution in [2.45, 2.75) is 26.9 Å². The molecule has 0 unspecified atom stereocenters. The number of rotatable bonds is 4. The summed E-state index contributed by atoms with van der Waals surface area (Å²) < 4.78 is 0. The van der Waals surface area contributed by atoms with E-state index < -0.39 is 0 Å². The van der Waals surface area contributed by atoms with Crippen LogP contribution in [-0.2, 0) is 13.0 Å². The molecule has 0 bridgehead atoms. The molecule has 104 valence electrons. The number of aliphatic hydroxyl groups excluding tert-OH is 1. The summed E-state index contributed by atoms with van der Waals surface area (Å²) in [5.74, 6) is -0.235. The molecule has 1 amide bonds. The summed E-state index contributed by atoms with van der Waals surface area (Å²) in [5.41, 5.74) is 3.17. The highest BCUT2D eigenvalue weighted by Gasteiger charge is 2.14. The fourth-order valence-electron chi connectivity index (χ4n) is 1.94. The summed E-state index contributed by atoms with van der Waals surface area (Å²) in [5, 5.41) is 20.1. The van der Waals surface area contributed by atoms with Crippen LogP contribution < -0.4 is 5.32 Å². The predicted octanol–water partition coefficient (Wildman–Crippen LogP) is 2.09. The van der Waals surface area contributed by atoms with Gasteiger partial charge in [-0.2, -0.15) is 10.2 Å². The van der Waals surface area contributed by atoms with Crippen LogP contribution in [0.15, 0.2) is 30.3 Å². The Labute approximate surface area is 117 Å². The maximum atomic E-state index is 12.4. The molecule has 0 aliphatic rings. The Hall–Kier alpha value is -2.27. The van der Waals surface area contributed by atoms with Gasteiger partial charge in [0.1, 0.15) is 0 Å². The minimum atomic E-state index is -0.235. The molecular formula is C15H17N3O2. The van der Waals surface area contributed by atoms with Crippen molar-refractivity contribution in [2.24, 2.45) is 0 Å². The van der Waals surface area contributed by atoms with Crippen molar-refractivity contribution in [3.05, 3.63) is 52.8 Å². The Balaban J connectivity index is 2.30. The summed E-state index contributed by atoms with van der Waals surface area (Å²) in [4.78, 5) is 12.4. The third-order valence-corrected chi connectivity index (χ3v) is 3.01. The van der Waals surface area contributed by atoms with Crippen LogP contribution in [0.4, 0.5) is 5.69 Å². The van der Waals surface area contributed by atoms with Gasteiger partial charge in [0, 0.05) is 11.3 Å². The second-order valence-electron chi connectivity index (χ2n) is 4.47. The topological polar surface area (TPSA) is 75.1 Å². The molecule has 5 heteroatoms. The number of nitrogens with one attached hydrogen (secondary N) is 1. The zero-order valence-electron chi connectivity index (χ0n) is 11.6. The van der Waals surface area contributed by atoms with Crippen LogP contribution >= 0.6 is 0 Å². The quantitative estimate of drug-likeness (QED) is 0.893. The number of benzene rings is 1. The second-order valence-corrected chi connectivity index (χ2v) is 4.47. The number of carbonyl (C=O) groups is 1. The van der Waals surface area contributed by atoms with Gasteiger partial charge in [0.25, 0.3) is 5.91 Å². The summed E-state index contributed by atoms with van der Waals surface area (Å²) in [6.07, 6.45) is 0.637. The standard InChI is InChI=1S/C15H17N3O2/c1-3-13-12(8-10(2)17-18-13)15(20)16-14-7-5-4-6-11(14)9-19/h4-8,19H,3,9H2,1-2H3,(H,16,20). The van der Waals surface area contributed by atoms with E-state index in [-0.39, 0.29) is 12.5 Å². The van der Waals surface area contributed by atoms with Crippen molar-refractivity contribution in [1.82, 2.24) is 10.2 Å². The van der Waals surface area contributed by atoms with Crippen LogP contribution in [-0.4, -0.2) is 21.2 Å². The molecule has 2 rings (SSSR count). The van der Waals surface area contributed by atoms with E-state index in [4.69, 9.17) is 0 Å². The minimum Gasteiger partial charge on any atom is -0.392 e. The van der Waals surface area contributed by atoms with Crippen LogP contribution in [0.3, 0.4) is 0 Å². The molecular weight excluding hydrogens is 254 g/mol. The molecule has 0 atom stereocenters. The van der Waals surface area contributed by atoms with Gasteiger partial charge < -0.3 is 10.4 Å². The number of aromatic nitrogens is 2. The molecule has 0 saturated carbocycles. The maximum absolute atomic E-state index is 12.4. The smallest absolute Gasteiger partial charge is 0.257 e. The molecule has 5 nitrogen and oxygen atoms in total. The first-order valence-corrected chi connectivity index (χ1v) is 6.49. The van der Waals surface area contributed by atoms with Gasteiger partial charge in [0.2, 0.25) is 0 Å². The van der Waals surface area contributed by atoms with Crippen molar-refractivity contribution in [2.75, 3.05) is 5.32 Å². The number of aliphatic hydroxyl groups is 1. The molecule has 0 saturated heterocycles. The van der Waals surface area contributed by atoms with Gasteiger partial charge in [0.05, 0.1) is 23.6 Å². The zero-order chi connectivity index (χ0) is 14.5. The Bertz CT molecular complexity index is 626. The SMILES string of the molecule is CCc1nnc(C)cc1C(=O)Nc1ccccc1CO. The highest BCUT2D eigenvalue weighted by Crippen LogP contribution is 2.17. The van der Waals surface area contributed by atoms with E-state index >= 15 is 0 Å². The number of amides is 1. The maximum Gasteiger partial charge on any atom is 0.257 e. The molecule has 0 aliphatic carbocycles. The summed E-state index contributed by atoms with van der Waals surface area (Å²) >= 11 is 0. The largest absolute Gasteiger partial charge is 0.392 e. The van der Waals surface area contributed by atoms with Crippen LogP contribution in [0.2, 0.25) is 0 Å². The number of aryl methyl sites for hydroxylation is 2. The molecule has 0 spiro atoms. The lowest BCUT2D eigenvalue weighted by Crippen LogP contribution is -2.17. The normalized spacial score (nSPS) is 10.3. The highest BCUT2D eigenvalue weighted by atomic mass is 16.3. The van der Waals surface area contributed by atoms with Gasteiger partial charge in [0.15, 0.2) is 0 Å². The summed E-state index contributed by atoms with van der Waals surface area (Å²) in [6, 6.07) is 8.88. The van der Waals surface area contributed by atoms with E-state index in [1.807, 2.05) is 19.1 Å². The Kier molecular flexibility index (Phi) is 4.42. The molecule has 1 aromatic heterocycles. The van der Waals surface area contributed by atoms with Gasteiger partial charge in [-0.25, -0.2) is 0 Å². The monoisotopic (exact) mass is 271 g/mol. The number of hydrogen-bond acceptors (Lipinski definition) is 4. The average Bonchev–Trinajstić information content (AvgIpc) is 2.47. The molecule has 0 aliphatic heterocycles. The van der Waals surface area contributed by atoms with Gasteiger partial charge >= 0.3 is 0 Å². The Morgan fingerprint density at radius 1 is 1.30 bits per heavy atom. The van der Waals surface area contributed by atoms with E-state index in [0.29, 0.717) is 34.6 Å². The molecule has 1 aromatic carbocycles. The molecule has 20 heavy (non-hydrogen) atoms. The molecule has 1 heterocycles. The van der Waals surface area contributed by atoms with Crippen molar-refractivity contribution >= 4 is 11.6 Å². The van der Waals surface area contributed by atoms with Gasteiger partial charge in [-0.05, 0) is 25.5 Å². The Morgan fingerprint density at radius 3 is 2.75 bits per heavy atom. The minimum absolute atomic E-state index is 0.120. The predicted molar refractivity (Wildman–Crippen MR) is 76.5 cm³/mol. The molecule has 2 aromatic rings. The van der Waals surface area contributed by atoms with Gasteiger partial charge in [-0.15, -0.1) is 0 Å². The summed E-state index contributed by atoms with van der Waals surface area (Å²) in [7, 11) is 0. The number of hydrogen-bond donors (Lipinski definition) is 2. The number of carbonyl (C=O) groups excluding carboxylic acids is 1. The molecule has 0 radical (unpaired) electrons. The van der Waals surface area contributed by atoms with E-state index in [0.717, 1.165) is 0 Å². The number of anilines is 1. The van der Waals surface area contributed by atoms with Crippen molar-refractivity contribution in [3.63, 3.8) is 0 Å². The third kappa shape index (κ3) is 3.00. The van der Waals surface area contributed by atoms with Crippen LogP contribution in [0.5, 0.6) is 0 Å². The van der Waals surface area contributed by atoms with Crippen LogP contribution in [0.1, 0.15) is 34.2 Å². The van der Waals surface area contributed by atoms with Gasteiger partial charge in [-0.1, -0.05) is 25.1 Å². The lowest BCUT2D eigenvalue weighted by molar-refractivity contribution is 0.102. The lowest BCUT2D eigenvalue weighted by Gasteiger charge is -2.11. The average molecular weight is 271 g/mol. The van der Waals surface area contributed by atoms with E-state index in [2.05, 4.69) is 15.5 Å². The van der Waals surface area contributed by atoms with E-state index in [9.17, 15) is 9.90 Å². The fourth-order valence-corrected chi connectivity index (χ4v) is 1.94. The highest BCUT2D eigenvalue weighted by molar-refractivity contribution is 6.05. The summed E-state index contributed by atoms with van der Waals surface area (Å²) in [6.45, 7) is 3.60. The fraction of sp³-hybridized carbons (Fsp3) is 0.267. The van der Waals surface area contributed by atoms with Gasteiger partial charge in [-0.3, -0.25) is 4.79 Å². The Morgan fingerprint density at radius 2 is 2.05 bits per heavy atom. The number of para-hydroxylation sites is 1. The van der Waals surface area contributed by atoms with Crippen molar-refractivity contribution < 1.29 is 9.90 Å². The van der Waals surface area contributed by atoms with Crippen LogP contribution in [0.25, 0.3) is 0 Å². The zero-order valence-corrected chi connectivity index (χ0v) is 11.6. The first kappa shape index (κ1) is 14.1. The first-order chi connectivity index (χ1) is 9.65. The number of nitrogens with zero attached hydrogens (tertiary/aromatic N) is 2. The van der Waals surface area contributed by atoms with Crippen molar-refractivity contribution in [3.8, 4) is 0 Å². The third-order valence-electron chi connectivity index (χ3n) is 3.01. The molecule has 0 fully saturated rings. The lowest BCUT2D eigenvalue weighted by atomic mass is 10.1. The van der Waals surface area contributed by atoms with Crippen LogP contribution in [0, 0.1) is 6.92 Å². The van der Waals surface area contributed by atoms with E-state index in [1.54, 1.807) is 25.1 Å². The van der Waals surface area contributed by atoms with Crippen molar-refractivity contribution in [1.29, 1.82) is 0 Å². The van der Waals surface area contributed by atoms with E-state index in [1.165, 1.54) is 0 Å².